The quantitative estimate of drug-likeness (QED) is 0.694. The van der Waals surface area contributed by atoms with E-state index >= 15 is 0 Å². The maximum atomic E-state index is 11.8. The van der Waals surface area contributed by atoms with Crippen LogP contribution >= 0.6 is 0 Å². The zero-order valence-electron chi connectivity index (χ0n) is 12.0. The Morgan fingerprint density at radius 1 is 1.37 bits per heavy atom. The molecule has 1 aromatic rings. The first-order chi connectivity index (χ1) is 9.13. The van der Waals surface area contributed by atoms with Crippen LogP contribution in [0.1, 0.15) is 46.0 Å². The van der Waals surface area contributed by atoms with Gasteiger partial charge in [0.1, 0.15) is 12.4 Å². The van der Waals surface area contributed by atoms with E-state index in [4.69, 9.17) is 10.5 Å². The Bertz CT molecular complexity index is 415. The minimum absolute atomic E-state index is 0.0546. The molecule has 2 N–H and O–H groups in total. The highest BCUT2D eigenvalue weighted by Gasteiger charge is 2.02. The Labute approximate surface area is 114 Å². The Morgan fingerprint density at radius 2 is 2.11 bits per heavy atom. The monoisotopic (exact) mass is 267 g/mol. The summed E-state index contributed by atoms with van der Waals surface area (Å²) >= 11 is 0. The molecule has 1 unspecified atom stereocenters. The van der Waals surface area contributed by atoms with Crippen LogP contribution < -0.4 is 16.0 Å². The van der Waals surface area contributed by atoms with Gasteiger partial charge < -0.3 is 10.5 Å². The van der Waals surface area contributed by atoms with Crippen LogP contribution in [0.25, 0.3) is 0 Å². The number of rotatable bonds is 9. The first-order valence-electron chi connectivity index (χ1n) is 7.09. The van der Waals surface area contributed by atoms with E-state index < -0.39 is 0 Å². The van der Waals surface area contributed by atoms with Gasteiger partial charge in [0.25, 0.3) is 5.56 Å². The number of hydrogen-bond donors (Lipinski definition) is 1. The van der Waals surface area contributed by atoms with E-state index in [2.05, 4.69) is 12.0 Å². The van der Waals surface area contributed by atoms with Crippen molar-refractivity contribution in [2.45, 2.75) is 58.5 Å². The lowest BCUT2D eigenvalue weighted by Crippen LogP contribution is -2.26. The minimum atomic E-state index is -0.113. The van der Waals surface area contributed by atoms with Gasteiger partial charge in [-0.05, 0) is 13.3 Å². The molecule has 0 aromatic carbocycles. The number of nitrogens with zero attached hydrogens (tertiary/aromatic N) is 2. The summed E-state index contributed by atoms with van der Waals surface area (Å²) in [6.45, 7) is 5.11. The first-order valence-corrected chi connectivity index (χ1v) is 7.09. The van der Waals surface area contributed by atoms with Gasteiger partial charge in [-0.3, -0.25) is 4.79 Å². The molecule has 0 fully saturated rings. The van der Waals surface area contributed by atoms with E-state index in [9.17, 15) is 4.79 Å². The van der Waals surface area contributed by atoms with Crippen molar-refractivity contribution < 1.29 is 4.74 Å². The Kier molecular flexibility index (Phi) is 7.18. The summed E-state index contributed by atoms with van der Waals surface area (Å²) in [5, 5.41) is 4.11. The predicted molar refractivity (Wildman–Crippen MR) is 76.4 cm³/mol. The first kappa shape index (κ1) is 15.7. The summed E-state index contributed by atoms with van der Waals surface area (Å²) < 4.78 is 6.85. The summed E-state index contributed by atoms with van der Waals surface area (Å²) in [6.07, 6.45) is 7.42. The van der Waals surface area contributed by atoms with E-state index in [-0.39, 0.29) is 11.6 Å². The van der Waals surface area contributed by atoms with Crippen molar-refractivity contribution in [3.05, 3.63) is 22.6 Å². The van der Waals surface area contributed by atoms with Crippen LogP contribution in [0.4, 0.5) is 0 Å². The van der Waals surface area contributed by atoms with E-state index in [1.54, 1.807) is 6.20 Å². The SMILES string of the molecule is CCCCCCCn1ncc(OCC(C)N)cc1=O. The van der Waals surface area contributed by atoms with Gasteiger partial charge in [0, 0.05) is 18.7 Å². The number of hydrogen-bond acceptors (Lipinski definition) is 4. The largest absolute Gasteiger partial charge is 0.490 e. The second kappa shape index (κ2) is 8.69. The van der Waals surface area contributed by atoms with Crippen LogP contribution in [0, 0.1) is 0 Å². The molecule has 0 saturated carbocycles. The van der Waals surface area contributed by atoms with Crippen LogP contribution in [-0.2, 0) is 6.54 Å². The maximum Gasteiger partial charge on any atom is 0.270 e. The van der Waals surface area contributed by atoms with Crippen molar-refractivity contribution in [2.75, 3.05) is 6.61 Å². The smallest absolute Gasteiger partial charge is 0.270 e. The van der Waals surface area contributed by atoms with Crippen molar-refractivity contribution in [2.24, 2.45) is 5.73 Å². The van der Waals surface area contributed by atoms with Crippen molar-refractivity contribution >= 4 is 0 Å². The fourth-order valence-electron chi connectivity index (χ4n) is 1.76. The standard InChI is InChI=1S/C14H25N3O2/c1-3-4-5-6-7-8-17-14(18)9-13(10-16-17)19-11-12(2)15/h9-10,12H,3-8,11,15H2,1-2H3. The molecule has 1 atom stereocenters. The fraction of sp³-hybridized carbons (Fsp3) is 0.714. The molecule has 0 saturated heterocycles. The molecule has 108 valence electrons. The van der Waals surface area contributed by atoms with Crippen molar-refractivity contribution in [1.82, 2.24) is 9.78 Å². The summed E-state index contributed by atoms with van der Waals surface area (Å²) in [4.78, 5) is 11.8. The predicted octanol–water partition coefficient (Wildman–Crippen LogP) is 1.94. The normalized spacial score (nSPS) is 12.4. The van der Waals surface area contributed by atoms with Gasteiger partial charge >= 0.3 is 0 Å². The molecule has 5 nitrogen and oxygen atoms in total. The molecule has 5 heteroatoms. The molecule has 0 radical (unpaired) electrons. The number of aromatic nitrogens is 2. The van der Waals surface area contributed by atoms with E-state index in [0.29, 0.717) is 18.9 Å². The highest BCUT2D eigenvalue weighted by atomic mass is 16.5. The summed E-state index contributed by atoms with van der Waals surface area (Å²) in [6, 6.07) is 1.42. The average molecular weight is 267 g/mol. The van der Waals surface area contributed by atoms with E-state index in [0.717, 1.165) is 12.8 Å². The lowest BCUT2D eigenvalue weighted by atomic mass is 10.1. The van der Waals surface area contributed by atoms with Gasteiger partial charge in [-0.25, -0.2) is 4.68 Å². The topological polar surface area (TPSA) is 70.1 Å². The zero-order valence-corrected chi connectivity index (χ0v) is 12.0. The third-order valence-corrected chi connectivity index (χ3v) is 2.83. The van der Waals surface area contributed by atoms with E-state index in [1.807, 2.05) is 6.92 Å². The van der Waals surface area contributed by atoms with Gasteiger partial charge in [0.2, 0.25) is 0 Å². The van der Waals surface area contributed by atoms with E-state index in [1.165, 1.54) is 30.0 Å². The third kappa shape index (κ3) is 6.38. The molecule has 1 heterocycles. The molecular weight excluding hydrogens is 242 g/mol. The van der Waals surface area contributed by atoms with Crippen LogP contribution in [0.15, 0.2) is 17.1 Å². The number of aryl methyl sites for hydroxylation is 1. The third-order valence-electron chi connectivity index (χ3n) is 2.83. The van der Waals surface area contributed by atoms with Crippen LogP contribution in [-0.4, -0.2) is 22.4 Å². The fourth-order valence-corrected chi connectivity index (χ4v) is 1.76. The Morgan fingerprint density at radius 3 is 2.74 bits per heavy atom. The molecule has 0 aliphatic heterocycles. The van der Waals surface area contributed by atoms with Gasteiger partial charge in [0.15, 0.2) is 0 Å². The molecule has 1 aromatic heterocycles. The molecule has 0 amide bonds. The van der Waals surface area contributed by atoms with Crippen LogP contribution in [0.2, 0.25) is 0 Å². The number of ether oxygens (including phenoxy) is 1. The minimum Gasteiger partial charge on any atom is -0.490 e. The molecule has 1 rings (SSSR count). The second-order valence-corrected chi connectivity index (χ2v) is 4.96. The highest BCUT2D eigenvalue weighted by Crippen LogP contribution is 2.05. The molecule has 0 bridgehead atoms. The molecule has 0 aliphatic carbocycles. The van der Waals surface area contributed by atoms with Crippen LogP contribution in [0.3, 0.4) is 0 Å². The van der Waals surface area contributed by atoms with Gasteiger partial charge in [-0.1, -0.05) is 32.6 Å². The number of nitrogens with two attached hydrogens (primary N) is 1. The molecule has 19 heavy (non-hydrogen) atoms. The molecular formula is C14H25N3O2. The van der Waals surface area contributed by atoms with Gasteiger partial charge in [0.05, 0.1) is 6.20 Å². The Balaban J connectivity index is 2.41. The summed E-state index contributed by atoms with van der Waals surface area (Å²) in [5.74, 6) is 0.490. The molecule has 0 spiro atoms. The average Bonchev–Trinajstić information content (AvgIpc) is 2.38. The van der Waals surface area contributed by atoms with Crippen molar-refractivity contribution in [3.8, 4) is 5.75 Å². The van der Waals surface area contributed by atoms with Gasteiger partial charge in [-0.15, -0.1) is 0 Å². The second-order valence-electron chi connectivity index (χ2n) is 4.96. The lowest BCUT2D eigenvalue weighted by Gasteiger charge is -2.09. The number of unbranched alkanes of at least 4 members (excludes halogenated alkanes) is 4. The van der Waals surface area contributed by atoms with Crippen molar-refractivity contribution in [1.29, 1.82) is 0 Å². The maximum absolute atomic E-state index is 11.8. The summed E-state index contributed by atoms with van der Waals surface area (Å²) in [5.41, 5.74) is 5.47. The van der Waals surface area contributed by atoms with Crippen molar-refractivity contribution in [3.63, 3.8) is 0 Å². The Hall–Kier alpha value is -1.36. The zero-order chi connectivity index (χ0) is 14.1. The van der Waals surface area contributed by atoms with Crippen LogP contribution in [0.5, 0.6) is 5.75 Å². The molecule has 0 aliphatic rings. The van der Waals surface area contributed by atoms with Gasteiger partial charge in [-0.2, -0.15) is 5.10 Å². The lowest BCUT2D eigenvalue weighted by molar-refractivity contribution is 0.292. The highest BCUT2D eigenvalue weighted by molar-refractivity contribution is 5.13. The summed E-state index contributed by atoms with van der Waals surface area (Å²) in [7, 11) is 0.